The Morgan fingerprint density at radius 2 is 2.17 bits per heavy atom. The Morgan fingerprint density at radius 3 is 3.00 bits per heavy atom. The van der Waals surface area contributed by atoms with Crippen LogP contribution in [-0.4, -0.2) is 83.3 Å². The molecule has 2 N–H and O–H groups in total. The molecule has 0 spiro atoms. The summed E-state index contributed by atoms with van der Waals surface area (Å²) in [5.41, 5.74) is 2.03. The van der Waals surface area contributed by atoms with E-state index in [1.165, 1.54) is 0 Å². The topological polar surface area (TPSA) is 93.9 Å². The summed E-state index contributed by atoms with van der Waals surface area (Å²) in [5, 5.41) is 22.3. The molecular weight excluding hydrogens is 374 g/mol. The number of aliphatic hydroxyl groups excluding tert-OH is 1. The third kappa shape index (κ3) is 5.31. The van der Waals surface area contributed by atoms with Gasteiger partial charge in [0.05, 0.1) is 57.4 Å². The van der Waals surface area contributed by atoms with Crippen LogP contribution in [0.5, 0.6) is 5.75 Å². The van der Waals surface area contributed by atoms with E-state index in [9.17, 15) is 5.11 Å². The number of ether oxygens (including phenoxy) is 3. The number of hydrogen-bond acceptors (Lipinski definition) is 8. The molecule has 0 saturated carbocycles. The lowest BCUT2D eigenvalue weighted by Gasteiger charge is -2.25. The number of rotatable bonds is 8. The highest BCUT2D eigenvalue weighted by Gasteiger charge is 2.36. The first kappa shape index (κ1) is 20.2. The normalized spacial score (nSPS) is 25.4. The van der Waals surface area contributed by atoms with Gasteiger partial charge >= 0.3 is 0 Å². The molecule has 0 amide bonds. The highest BCUT2D eigenvalue weighted by molar-refractivity contribution is 5.28. The smallest absolute Gasteiger partial charge is 0.119 e. The molecule has 2 fully saturated rings. The minimum absolute atomic E-state index is 0.173. The monoisotopic (exact) mass is 403 g/mol. The lowest BCUT2D eigenvalue weighted by molar-refractivity contribution is 0.0336. The quantitative estimate of drug-likeness (QED) is 0.638. The molecule has 29 heavy (non-hydrogen) atoms. The fraction of sp³-hybridized carbons (Fsp3) is 0.600. The molecule has 3 atom stereocenters. The molecule has 0 radical (unpaired) electrons. The van der Waals surface area contributed by atoms with Gasteiger partial charge in [-0.05, 0) is 17.7 Å². The predicted octanol–water partition coefficient (Wildman–Crippen LogP) is 0.0370. The summed E-state index contributed by atoms with van der Waals surface area (Å²) in [6.45, 7) is 5.62. The number of methoxy groups -OCH3 is 1. The Kier molecular flexibility index (Phi) is 6.73. The standard InChI is InChI=1S/C20H29N5O4/c1-27-17-4-2-3-15(9-17)10-21-20-18(26)14-29-19(20)13-25-12-16(22-23-25)11-24-5-7-28-8-6-24/h2-4,9,12,18-21,26H,5-8,10-11,13-14H2,1H3/t18-,19+,20+/m0/s1. The van der Waals surface area contributed by atoms with Crippen molar-refractivity contribution in [2.45, 2.75) is 37.9 Å². The van der Waals surface area contributed by atoms with Gasteiger partial charge in [-0.15, -0.1) is 5.10 Å². The number of morpholine rings is 1. The van der Waals surface area contributed by atoms with Crippen molar-refractivity contribution in [2.24, 2.45) is 0 Å². The van der Waals surface area contributed by atoms with Crippen molar-refractivity contribution in [3.8, 4) is 5.75 Å². The average molecular weight is 403 g/mol. The van der Waals surface area contributed by atoms with Gasteiger partial charge in [-0.1, -0.05) is 17.3 Å². The lowest BCUT2D eigenvalue weighted by Crippen LogP contribution is -2.45. The van der Waals surface area contributed by atoms with Crippen molar-refractivity contribution in [2.75, 3.05) is 40.0 Å². The summed E-state index contributed by atoms with van der Waals surface area (Å²) >= 11 is 0. The van der Waals surface area contributed by atoms with Crippen molar-refractivity contribution in [3.63, 3.8) is 0 Å². The molecule has 1 aromatic carbocycles. The van der Waals surface area contributed by atoms with Crippen LogP contribution >= 0.6 is 0 Å². The number of benzene rings is 1. The van der Waals surface area contributed by atoms with Crippen LogP contribution in [0.1, 0.15) is 11.3 Å². The molecular formula is C20H29N5O4. The van der Waals surface area contributed by atoms with Gasteiger partial charge in [-0.2, -0.15) is 0 Å². The minimum atomic E-state index is -0.554. The highest BCUT2D eigenvalue weighted by Crippen LogP contribution is 2.18. The Balaban J connectivity index is 1.32. The van der Waals surface area contributed by atoms with Gasteiger partial charge in [0, 0.05) is 32.4 Å². The van der Waals surface area contributed by atoms with E-state index in [2.05, 4.69) is 20.5 Å². The summed E-state index contributed by atoms with van der Waals surface area (Å²) in [4.78, 5) is 2.31. The Morgan fingerprint density at radius 1 is 1.31 bits per heavy atom. The number of aromatic nitrogens is 3. The minimum Gasteiger partial charge on any atom is -0.497 e. The molecule has 1 aromatic heterocycles. The van der Waals surface area contributed by atoms with Crippen LogP contribution in [0, 0.1) is 0 Å². The maximum Gasteiger partial charge on any atom is 0.119 e. The molecule has 158 valence electrons. The third-order valence-corrected chi connectivity index (χ3v) is 5.41. The van der Waals surface area contributed by atoms with Crippen molar-refractivity contribution < 1.29 is 19.3 Å². The molecule has 9 nitrogen and oxygen atoms in total. The number of aliphatic hydroxyl groups is 1. The Labute approximate surface area is 170 Å². The van der Waals surface area contributed by atoms with Crippen LogP contribution < -0.4 is 10.1 Å². The van der Waals surface area contributed by atoms with Gasteiger partial charge < -0.3 is 24.6 Å². The summed E-state index contributed by atoms with van der Waals surface area (Å²) in [6.07, 6.45) is 1.23. The van der Waals surface area contributed by atoms with Crippen molar-refractivity contribution in [1.29, 1.82) is 0 Å². The van der Waals surface area contributed by atoms with E-state index in [1.807, 2.05) is 30.5 Å². The second kappa shape index (κ2) is 9.64. The van der Waals surface area contributed by atoms with Gasteiger partial charge in [0.25, 0.3) is 0 Å². The predicted molar refractivity (Wildman–Crippen MR) is 105 cm³/mol. The van der Waals surface area contributed by atoms with Gasteiger partial charge in [-0.25, -0.2) is 4.68 Å². The zero-order valence-corrected chi connectivity index (χ0v) is 16.7. The molecule has 0 bridgehead atoms. The molecule has 2 aromatic rings. The summed E-state index contributed by atoms with van der Waals surface area (Å²) < 4.78 is 18.3. The van der Waals surface area contributed by atoms with E-state index in [4.69, 9.17) is 14.2 Å². The number of hydrogen-bond donors (Lipinski definition) is 2. The van der Waals surface area contributed by atoms with E-state index in [1.54, 1.807) is 11.8 Å². The van der Waals surface area contributed by atoms with Gasteiger partial charge in [-0.3, -0.25) is 4.90 Å². The molecule has 4 rings (SSSR count). The zero-order chi connectivity index (χ0) is 20.1. The van der Waals surface area contributed by atoms with Crippen LogP contribution in [0.25, 0.3) is 0 Å². The van der Waals surface area contributed by atoms with Crippen LogP contribution in [-0.2, 0) is 29.1 Å². The van der Waals surface area contributed by atoms with Gasteiger partial charge in [0.15, 0.2) is 0 Å². The van der Waals surface area contributed by atoms with Crippen LogP contribution in [0.3, 0.4) is 0 Å². The maximum absolute atomic E-state index is 10.4. The first-order chi connectivity index (χ1) is 14.2. The Bertz CT molecular complexity index is 780. The average Bonchev–Trinajstić information content (AvgIpc) is 3.34. The number of nitrogens with one attached hydrogen (secondary N) is 1. The molecule has 0 aliphatic carbocycles. The summed E-state index contributed by atoms with van der Waals surface area (Å²) in [7, 11) is 1.66. The van der Waals surface area contributed by atoms with Crippen molar-refractivity contribution in [3.05, 3.63) is 41.7 Å². The molecule has 3 heterocycles. The fourth-order valence-electron chi connectivity index (χ4n) is 3.80. The lowest BCUT2D eigenvalue weighted by atomic mass is 10.1. The molecule has 2 aliphatic rings. The first-order valence-electron chi connectivity index (χ1n) is 10.1. The third-order valence-electron chi connectivity index (χ3n) is 5.41. The van der Waals surface area contributed by atoms with Crippen molar-refractivity contribution >= 4 is 0 Å². The number of nitrogens with zero attached hydrogens (tertiary/aromatic N) is 4. The zero-order valence-electron chi connectivity index (χ0n) is 16.7. The van der Waals surface area contributed by atoms with E-state index < -0.39 is 6.10 Å². The maximum atomic E-state index is 10.4. The SMILES string of the molecule is COc1cccc(CN[C@@H]2[C@@H](O)CO[C@@H]2Cn2cc(CN3CCOCC3)nn2)c1. The van der Waals surface area contributed by atoms with E-state index in [0.717, 1.165) is 49.9 Å². The Hall–Kier alpha value is -2.04. The van der Waals surface area contributed by atoms with Gasteiger partial charge in [0.2, 0.25) is 0 Å². The molecule has 2 aliphatic heterocycles. The highest BCUT2D eigenvalue weighted by atomic mass is 16.5. The van der Waals surface area contributed by atoms with E-state index >= 15 is 0 Å². The summed E-state index contributed by atoms with van der Waals surface area (Å²) in [5.74, 6) is 0.819. The van der Waals surface area contributed by atoms with E-state index in [0.29, 0.717) is 19.7 Å². The van der Waals surface area contributed by atoms with Crippen LogP contribution in [0.4, 0.5) is 0 Å². The molecule has 0 unspecified atom stereocenters. The largest absolute Gasteiger partial charge is 0.497 e. The van der Waals surface area contributed by atoms with Crippen molar-refractivity contribution in [1.82, 2.24) is 25.2 Å². The second-order valence-corrected chi connectivity index (χ2v) is 7.52. The molecule has 2 saturated heterocycles. The first-order valence-corrected chi connectivity index (χ1v) is 10.1. The van der Waals surface area contributed by atoms with Crippen LogP contribution in [0.15, 0.2) is 30.5 Å². The van der Waals surface area contributed by atoms with Crippen LogP contribution in [0.2, 0.25) is 0 Å². The van der Waals surface area contributed by atoms with Gasteiger partial charge in [0.1, 0.15) is 5.75 Å². The second-order valence-electron chi connectivity index (χ2n) is 7.52. The molecule has 9 heteroatoms. The fourth-order valence-corrected chi connectivity index (χ4v) is 3.80. The summed E-state index contributed by atoms with van der Waals surface area (Å²) in [6, 6.07) is 7.72. The van der Waals surface area contributed by atoms with E-state index in [-0.39, 0.29) is 12.1 Å².